The molecule has 0 bridgehead atoms. The van der Waals surface area contributed by atoms with Crippen molar-refractivity contribution in [3.63, 3.8) is 0 Å². The monoisotopic (exact) mass is 127 g/mol. The van der Waals surface area contributed by atoms with Gasteiger partial charge in [0.05, 0.1) is 0 Å². The Kier molecular flexibility index (Phi) is 7.22. The van der Waals surface area contributed by atoms with Gasteiger partial charge in [-0.2, -0.15) is 0 Å². The Hall–Kier alpha value is 0.0534. The minimum absolute atomic E-state index is 0. The van der Waals surface area contributed by atoms with Crippen LogP contribution >= 0.6 is 0 Å². The third-order valence-corrected chi connectivity index (χ3v) is 0. The maximum atomic E-state index is 9.06. The molecular formula is CH3O3Zn. The summed E-state index contributed by atoms with van der Waals surface area (Å²) in [6.07, 6.45) is 0. The van der Waals surface area contributed by atoms with Crippen LogP contribution in [0.1, 0.15) is 0 Å². The fourth-order valence-electron chi connectivity index (χ4n) is 0. The number of carboxylic acid groups (broad SMARTS) is 1. The van der Waals surface area contributed by atoms with E-state index < -0.39 is 4.56 Å². The van der Waals surface area contributed by atoms with E-state index in [1.165, 1.54) is 0 Å². The van der Waals surface area contributed by atoms with E-state index in [1.54, 1.807) is 0 Å². The fourth-order valence-corrected chi connectivity index (χ4v) is 0. The van der Waals surface area contributed by atoms with E-state index in [2.05, 4.69) is 0 Å². The van der Waals surface area contributed by atoms with Crippen LogP contribution in [0.4, 0.5) is 4.79 Å². The molecule has 0 aliphatic rings. The van der Waals surface area contributed by atoms with Crippen molar-refractivity contribution in [2.24, 2.45) is 0 Å². The minimum atomic E-state index is -0.708. The van der Waals surface area contributed by atoms with Gasteiger partial charge < -0.3 is 5.48 Å². The van der Waals surface area contributed by atoms with Crippen LogP contribution in [0.3, 0.4) is 0 Å². The van der Waals surface area contributed by atoms with Crippen LogP contribution in [0.25, 0.3) is 0 Å². The van der Waals surface area contributed by atoms with Gasteiger partial charge in [0.25, 0.3) is 0 Å². The predicted molar refractivity (Wildman–Crippen MR) is 11.6 cm³/mol. The molecule has 0 saturated carbocycles. The van der Waals surface area contributed by atoms with E-state index in [4.69, 9.17) is 9.90 Å². The molecular weight excluding hydrogens is 125 g/mol. The van der Waals surface area contributed by atoms with Crippen molar-refractivity contribution in [1.82, 2.24) is 0 Å². The molecule has 0 aromatic carbocycles. The van der Waals surface area contributed by atoms with E-state index >= 15 is 0 Å². The number of hydrogen-bond donors (Lipinski definition) is 1. The van der Waals surface area contributed by atoms with Gasteiger partial charge in [-0.1, -0.05) is 0 Å². The standard InChI is InChI=1S/CHO2.H2O.Zn/c2-1-3;;/h(H,2,3);1H2;. The molecule has 0 aromatic heterocycles. The Balaban J connectivity index is 0. The Bertz CT molecular complexity index is 29.9. The maximum absolute atomic E-state index is 9.06. The van der Waals surface area contributed by atoms with Gasteiger partial charge in [0, 0.05) is 0 Å². The number of hydrogen-bond acceptors (Lipinski definition) is 1. The summed E-state index contributed by atoms with van der Waals surface area (Å²) >= 11 is 0.347. The van der Waals surface area contributed by atoms with E-state index in [-0.39, 0.29) is 5.48 Å². The molecule has 0 atom stereocenters. The second kappa shape index (κ2) is 4.05. The average Bonchev–Trinajstić information content (AvgIpc) is 0.811. The summed E-state index contributed by atoms with van der Waals surface area (Å²) in [6.45, 7) is 0. The first-order valence-corrected chi connectivity index (χ1v) is 2.26. The van der Waals surface area contributed by atoms with Crippen molar-refractivity contribution in [1.29, 1.82) is 0 Å². The summed E-state index contributed by atoms with van der Waals surface area (Å²) in [7, 11) is 0. The van der Waals surface area contributed by atoms with Crippen molar-refractivity contribution in [2.45, 2.75) is 0 Å². The molecule has 0 heterocycles. The number of rotatable bonds is 0. The van der Waals surface area contributed by atoms with Gasteiger partial charge in [-0.25, -0.2) is 0 Å². The first-order chi connectivity index (χ1) is 1.73. The topological polar surface area (TPSA) is 68.8 Å². The van der Waals surface area contributed by atoms with Crippen molar-refractivity contribution in [3.8, 4) is 0 Å². The third-order valence-electron chi connectivity index (χ3n) is 0. The van der Waals surface area contributed by atoms with Gasteiger partial charge in [0.15, 0.2) is 0 Å². The molecule has 3 nitrogen and oxygen atoms in total. The van der Waals surface area contributed by atoms with Crippen LogP contribution in [0, 0.1) is 0 Å². The molecule has 3 N–H and O–H groups in total. The van der Waals surface area contributed by atoms with Crippen molar-refractivity contribution in [2.75, 3.05) is 0 Å². The quantitative estimate of drug-likeness (QED) is 0.442. The third kappa shape index (κ3) is 6000. The Labute approximate surface area is 39.0 Å². The van der Waals surface area contributed by atoms with Crippen molar-refractivity contribution >= 4 is 4.56 Å². The van der Waals surface area contributed by atoms with E-state index in [0.29, 0.717) is 18.3 Å². The van der Waals surface area contributed by atoms with Crippen LogP contribution in [0.15, 0.2) is 0 Å². The molecule has 0 rings (SSSR count). The predicted octanol–water partition coefficient (Wildman–Crippen LogP) is -0.613. The van der Waals surface area contributed by atoms with Crippen molar-refractivity contribution in [3.05, 3.63) is 0 Å². The fraction of sp³-hybridized carbons (Fsp3) is 0. The molecule has 0 aromatic rings. The second-order valence-electron chi connectivity index (χ2n) is 0.394. The zero-order valence-corrected chi connectivity index (χ0v) is 5.53. The zero-order chi connectivity index (χ0) is 3.58. The van der Waals surface area contributed by atoms with Crippen molar-refractivity contribution < 1.29 is 33.7 Å². The van der Waals surface area contributed by atoms with Gasteiger partial charge in [0.1, 0.15) is 0 Å². The summed E-state index contributed by atoms with van der Waals surface area (Å²) in [4.78, 5) is 9.06. The Morgan fingerprint density at radius 1 is 1.80 bits per heavy atom. The average molecular weight is 128 g/mol. The first-order valence-electron chi connectivity index (χ1n) is 0.781. The van der Waals surface area contributed by atoms with E-state index in [0.717, 1.165) is 0 Å². The van der Waals surface area contributed by atoms with Gasteiger partial charge in [-0.3, -0.25) is 0 Å². The van der Waals surface area contributed by atoms with E-state index in [1.807, 2.05) is 0 Å². The molecule has 5 heavy (non-hydrogen) atoms. The summed E-state index contributed by atoms with van der Waals surface area (Å²) in [5.74, 6) is 0. The zero-order valence-electron chi connectivity index (χ0n) is 2.56. The van der Waals surface area contributed by atoms with Gasteiger partial charge in [-0.05, 0) is 0 Å². The molecule has 0 fully saturated rings. The van der Waals surface area contributed by atoms with Crippen LogP contribution in [-0.2, 0) is 18.3 Å². The van der Waals surface area contributed by atoms with Gasteiger partial charge >= 0.3 is 32.8 Å². The Morgan fingerprint density at radius 3 is 1.80 bits per heavy atom. The summed E-state index contributed by atoms with van der Waals surface area (Å²) in [6, 6.07) is 0. The first kappa shape index (κ1) is 8.91. The SMILES string of the molecule is O.O=[C](O)[Zn]. The molecule has 4 heteroatoms. The molecule has 0 unspecified atom stereocenters. The molecule has 0 amide bonds. The van der Waals surface area contributed by atoms with Gasteiger partial charge in [0.2, 0.25) is 0 Å². The van der Waals surface area contributed by atoms with Crippen LogP contribution < -0.4 is 0 Å². The summed E-state index contributed by atoms with van der Waals surface area (Å²) in [5.41, 5.74) is 0. The Morgan fingerprint density at radius 2 is 1.80 bits per heavy atom. The summed E-state index contributed by atoms with van der Waals surface area (Å²) in [5, 5.41) is 7.47. The molecule has 0 aliphatic carbocycles. The van der Waals surface area contributed by atoms with Gasteiger partial charge in [-0.15, -0.1) is 0 Å². The molecule has 27 valence electrons. The summed E-state index contributed by atoms with van der Waals surface area (Å²) < 4.78 is -0.708. The normalized spacial score (nSPS) is 5.20. The van der Waals surface area contributed by atoms with Crippen LogP contribution in [0.2, 0.25) is 0 Å². The molecule has 0 saturated heterocycles. The molecule has 0 spiro atoms. The number of carbonyl (C=O) groups is 1. The molecule has 0 radical (unpaired) electrons. The van der Waals surface area contributed by atoms with Crippen LogP contribution in [-0.4, -0.2) is 15.1 Å². The molecule has 0 aliphatic heterocycles. The second-order valence-corrected chi connectivity index (χ2v) is 1.66. The van der Waals surface area contributed by atoms with Crippen LogP contribution in [0.5, 0.6) is 0 Å². The van der Waals surface area contributed by atoms with E-state index in [9.17, 15) is 0 Å².